The molecule has 1 aromatic heterocycles. The van der Waals surface area contributed by atoms with Crippen LogP contribution in [0.1, 0.15) is 27.7 Å². The van der Waals surface area contributed by atoms with Gasteiger partial charge in [-0.2, -0.15) is 0 Å². The number of primary amides is 1. The maximum atomic E-state index is 11.6. The number of nitrogens with zero attached hydrogens (tertiary/aromatic N) is 1. The fourth-order valence-corrected chi connectivity index (χ4v) is 3.33. The van der Waals surface area contributed by atoms with E-state index in [1.807, 2.05) is 55.5 Å². The van der Waals surface area contributed by atoms with Gasteiger partial charge in [0.1, 0.15) is 0 Å². The number of rotatable bonds is 4. The minimum absolute atomic E-state index is 0.124. The van der Waals surface area contributed by atoms with Crippen LogP contribution in [0.3, 0.4) is 0 Å². The predicted molar refractivity (Wildman–Crippen MR) is 106 cm³/mol. The summed E-state index contributed by atoms with van der Waals surface area (Å²) in [5, 5.41) is 0.627. The molecule has 1 atom stereocenters. The molecule has 0 spiro atoms. The number of hydrogen-bond acceptors (Lipinski definition) is 2. The third-order valence-corrected chi connectivity index (χ3v) is 4.81. The molecule has 0 radical (unpaired) electrons. The molecular weight excluding hydrogens is 400 g/mol. The first-order valence-electron chi connectivity index (χ1n) is 7.76. The molecule has 126 valence electrons. The first-order chi connectivity index (χ1) is 12.0. The van der Waals surface area contributed by atoms with Crippen molar-refractivity contribution in [2.75, 3.05) is 0 Å². The minimum Gasteiger partial charge on any atom is -0.366 e. The zero-order chi connectivity index (χ0) is 18.0. The standard InChI is InChI=1S/C20H16BrClN2O/c1-12(21)15-7-5-14(20(23)25)11-16(15)13-6-8-18(22)17(10-13)19-4-2-3-9-24-19/h2-12H,1H3,(H2,23,25). The largest absolute Gasteiger partial charge is 0.366 e. The Kier molecular flexibility index (Phi) is 5.21. The van der Waals surface area contributed by atoms with E-state index in [0.29, 0.717) is 10.6 Å². The SMILES string of the molecule is CC(Br)c1ccc(C(N)=O)cc1-c1ccc(Cl)c(-c2ccccn2)c1. The number of carbonyl (C=O) groups is 1. The molecule has 2 N–H and O–H groups in total. The van der Waals surface area contributed by atoms with Crippen LogP contribution in [0.15, 0.2) is 60.8 Å². The lowest BCUT2D eigenvalue weighted by molar-refractivity contribution is 0.100. The zero-order valence-electron chi connectivity index (χ0n) is 13.5. The number of halogens is 2. The van der Waals surface area contributed by atoms with Crippen LogP contribution in [-0.2, 0) is 0 Å². The summed E-state index contributed by atoms with van der Waals surface area (Å²) in [5.41, 5.74) is 10.5. The van der Waals surface area contributed by atoms with Crippen molar-refractivity contribution in [2.45, 2.75) is 11.8 Å². The molecule has 0 aliphatic heterocycles. The van der Waals surface area contributed by atoms with Gasteiger partial charge in [-0.25, -0.2) is 0 Å². The van der Waals surface area contributed by atoms with Gasteiger partial charge in [0.05, 0.1) is 5.69 Å². The van der Waals surface area contributed by atoms with E-state index in [1.54, 1.807) is 12.3 Å². The van der Waals surface area contributed by atoms with Crippen molar-refractivity contribution in [3.05, 3.63) is 76.9 Å². The highest BCUT2D eigenvalue weighted by atomic mass is 79.9. The Morgan fingerprint density at radius 2 is 1.92 bits per heavy atom. The molecular formula is C20H16BrClN2O. The summed E-state index contributed by atoms with van der Waals surface area (Å²) in [6.45, 7) is 2.04. The van der Waals surface area contributed by atoms with E-state index in [4.69, 9.17) is 17.3 Å². The molecule has 3 nitrogen and oxygen atoms in total. The molecule has 0 fully saturated rings. The molecule has 1 unspecified atom stereocenters. The van der Waals surface area contributed by atoms with Crippen molar-refractivity contribution in [1.29, 1.82) is 0 Å². The van der Waals surface area contributed by atoms with Gasteiger partial charge in [-0.15, -0.1) is 0 Å². The summed E-state index contributed by atoms with van der Waals surface area (Å²) in [6, 6.07) is 17.0. The highest BCUT2D eigenvalue weighted by molar-refractivity contribution is 9.09. The third-order valence-electron chi connectivity index (χ3n) is 3.98. The first kappa shape index (κ1) is 17.6. The van der Waals surface area contributed by atoms with Gasteiger partial charge in [-0.3, -0.25) is 9.78 Å². The topological polar surface area (TPSA) is 56.0 Å². The molecule has 25 heavy (non-hydrogen) atoms. The summed E-state index contributed by atoms with van der Waals surface area (Å²) < 4.78 is 0. The smallest absolute Gasteiger partial charge is 0.248 e. The van der Waals surface area contributed by atoms with E-state index >= 15 is 0 Å². The molecule has 0 saturated carbocycles. The summed E-state index contributed by atoms with van der Waals surface area (Å²) >= 11 is 9.99. The lowest BCUT2D eigenvalue weighted by Crippen LogP contribution is -2.11. The van der Waals surface area contributed by atoms with Crippen molar-refractivity contribution >= 4 is 33.4 Å². The lowest BCUT2D eigenvalue weighted by Gasteiger charge is -2.15. The van der Waals surface area contributed by atoms with Crippen molar-refractivity contribution in [1.82, 2.24) is 4.98 Å². The van der Waals surface area contributed by atoms with Gasteiger partial charge < -0.3 is 5.73 Å². The molecule has 1 amide bonds. The number of carbonyl (C=O) groups excluding carboxylic acids is 1. The molecule has 3 rings (SSSR count). The van der Waals surface area contributed by atoms with Crippen molar-refractivity contribution in [2.24, 2.45) is 5.73 Å². The quantitative estimate of drug-likeness (QED) is 0.562. The van der Waals surface area contributed by atoms with Crippen LogP contribution in [0.5, 0.6) is 0 Å². The highest BCUT2D eigenvalue weighted by Crippen LogP contribution is 2.37. The van der Waals surface area contributed by atoms with E-state index in [2.05, 4.69) is 20.9 Å². The summed E-state index contributed by atoms with van der Waals surface area (Å²) in [7, 11) is 0. The average molecular weight is 416 g/mol. The van der Waals surface area contributed by atoms with Gasteiger partial charge in [0, 0.05) is 27.2 Å². The van der Waals surface area contributed by atoms with E-state index in [9.17, 15) is 4.79 Å². The van der Waals surface area contributed by atoms with Crippen LogP contribution in [0.4, 0.5) is 0 Å². The number of pyridine rings is 1. The van der Waals surface area contributed by atoms with E-state index in [1.165, 1.54) is 0 Å². The van der Waals surface area contributed by atoms with Gasteiger partial charge in [0.15, 0.2) is 0 Å². The maximum absolute atomic E-state index is 11.6. The van der Waals surface area contributed by atoms with Gasteiger partial charge in [0.2, 0.25) is 5.91 Å². The van der Waals surface area contributed by atoms with Crippen molar-refractivity contribution in [3.63, 3.8) is 0 Å². The highest BCUT2D eigenvalue weighted by Gasteiger charge is 2.14. The number of hydrogen-bond donors (Lipinski definition) is 1. The van der Waals surface area contributed by atoms with Gasteiger partial charge in [-0.1, -0.05) is 45.7 Å². The first-order valence-corrected chi connectivity index (χ1v) is 9.06. The minimum atomic E-state index is -0.450. The summed E-state index contributed by atoms with van der Waals surface area (Å²) in [6.07, 6.45) is 1.73. The average Bonchev–Trinajstić information content (AvgIpc) is 2.62. The normalized spacial score (nSPS) is 12.0. The van der Waals surface area contributed by atoms with Crippen molar-refractivity contribution in [3.8, 4) is 22.4 Å². The Labute approximate surface area is 160 Å². The lowest BCUT2D eigenvalue weighted by atomic mass is 9.94. The Bertz CT molecular complexity index is 926. The van der Waals surface area contributed by atoms with E-state index in [-0.39, 0.29) is 4.83 Å². The monoisotopic (exact) mass is 414 g/mol. The zero-order valence-corrected chi connectivity index (χ0v) is 15.9. The fraction of sp³-hybridized carbons (Fsp3) is 0.100. The second-order valence-corrected chi connectivity index (χ2v) is 7.47. The van der Waals surface area contributed by atoms with Crippen LogP contribution in [0.2, 0.25) is 5.02 Å². The molecule has 1 heterocycles. The van der Waals surface area contributed by atoms with Crippen LogP contribution < -0.4 is 5.73 Å². The van der Waals surface area contributed by atoms with E-state index < -0.39 is 5.91 Å². The second-order valence-electron chi connectivity index (χ2n) is 5.69. The van der Waals surface area contributed by atoms with Gasteiger partial charge in [0.25, 0.3) is 0 Å². The van der Waals surface area contributed by atoms with Crippen LogP contribution in [0.25, 0.3) is 22.4 Å². The molecule has 5 heteroatoms. The molecule has 0 aliphatic carbocycles. The van der Waals surface area contributed by atoms with Crippen LogP contribution >= 0.6 is 27.5 Å². The number of benzene rings is 2. The molecule has 2 aromatic carbocycles. The predicted octanol–water partition coefficient (Wildman–Crippen LogP) is 5.62. The maximum Gasteiger partial charge on any atom is 0.248 e. The Morgan fingerprint density at radius 1 is 1.12 bits per heavy atom. The Hall–Kier alpha value is -2.17. The van der Waals surface area contributed by atoms with E-state index in [0.717, 1.165) is 27.9 Å². The second kappa shape index (κ2) is 7.38. The summed E-state index contributed by atoms with van der Waals surface area (Å²) in [4.78, 5) is 16.1. The molecule has 0 saturated heterocycles. The Morgan fingerprint density at radius 3 is 2.56 bits per heavy atom. The number of aromatic nitrogens is 1. The number of nitrogens with two attached hydrogens (primary N) is 1. The van der Waals surface area contributed by atoms with Crippen molar-refractivity contribution < 1.29 is 4.79 Å². The molecule has 3 aromatic rings. The van der Waals surface area contributed by atoms with Crippen LogP contribution in [0, 0.1) is 0 Å². The fourth-order valence-electron chi connectivity index (χ4n) is 2.72. The third kappa shape index (κ3) is 3.75. The number of alkyl halides is 1. The molecule has 0 bridgehead atoms. The number of amides is 1. The van der Waals surface area contributed by atoms with Gasteiger partial charge >= 0.3 is 0 Å². The Balaban J connectivity index is 2.20. The molecule has 0 aliphatic rings. The summed E-state index contributed by atoms with van der Waals surface area (Å²) in [5.74, 6) is -0.450. The van der Waals surface area contributed by atoms with Crippen LogP contribution in [-0.4, -0.2) is 10.9 Å². The van der Waals surface area contributed by atoms with Gasteiger partial charge in [-0.05, 0) is 60.0 Å².